The van der Waals surface area contributed by atoms with E-state index >= 15 is 0 Å². The van der Waals surface area contributed by atoms with Crippen LogP contribution in [0.1, 0.15) is 0 Å². The Labute approximate surface area is 51.5 Å². The van der Waals surface area contributed by atoms with Gasteiger partial charge in [-0.25, -0.2) is 10.2 Å². The molecule has 0 saturated carbocycles. The predicted octanol–water partition coefficient (Wildman–Crippen LogP) is -0.631. The summed E-state index contributed by atoms with van der Waals surface area (Å²) in [5.74, 6) is 0.374. The molecule has 1 unspecified atom stereocenters. The minimum Gasteiger partial charge on any atom is -0.319 e. The quantitative estimate of drug-likeness (QED) is 0.420. The Morgan fingerprint density at radius 3 is 2.75 bits per heavy atom. The summed E-state index contributed by atoms with van der Waals surface area (Å²) in [6.07, 6.45) is -0.121. The van der Waals surface area contributed by atoms with Crippen LogP contribution in [0.5, 0.6) is 0 Å². The largest absolute Gasteiger partial charge is 0.330 e. The van der Waals surface area contributed by atoms with Crippen molar-refractivity contribution in [3.05, 3.63) is 0 Å². The molecule has 1 rings (SSSR count). The van der Waals surface area contributed by atoms with E-state index in [1.807, 2.05) is 0 Å². The molecule has 0 aliphatic carbocycles. The van der Waals surface area contributed by atoms with E-state index in [1.165, 1.54) is 0 Å². The number of hydrogen-bond acceptors (Lipinski definition) is 2. The molecule has 0 aromatic rings. The average molecular weight is 136 g/mol. The SMILES string of the molecule is O=C1NNC(CCl)N1. The monoisotopic (exact) mass is 135 g/mol. The van der Waals surface area contributed by atoms with Crippen LogP contribution in [0.3, 0.4) is 0 Å². The molecular formula is C3H6ClN3O. The molecule has 1 aliphatic rings. The highest BCUT2D eigenvalue weighted by Gasteiger charge is 2.16. The molecule has 1 aliphatic heterocycles. The van der Waals surface area contributed by atoms with Crippen molar-refractivity contribution in [1.29, 1.82) is 0 Å². The highest BCUT2D eigenvalue weighted by molar-refractivity contribution is 6.18. The Bertz CT molecular complexity index is 107. The summed E-state index contributed by atoms with van der Waals surface area (Å²) < 4.78 is 0. The first-order valence-electron chi connectivity index (χ1n) is 2.21. The zero-order valence-corrected chi connectivity index (χ0v) is 4.83. The van der Waals surface area contributed by atoms with E-state index in [4.69, 9.17) is 11.6 Å². The fourth-order valence-corrected chi connectivity index (χ4v) is 0.615. The molecule has 1 saturated heterocycles. The van der Waals surface area contributed by atoms with E-state index in [0.717, 1.165) is 0 Å². The highest BCUT2D eigenvalue weighted by atomic mass is 35.5. The summed E-state index contributed by atoms with van der Waals surface area (Å²) >= 11 is 5.36. The summed E-state index contributed by atoms with van der Waals surface area (Å²) in [6, 6.07) is -0.226. The van der Waals surface area contributed by atoms with Gasteiger partial charge in [-0.15, -0.1) is 11.6 Å². The second-order valence-electron chi connectivity index (χ2n) is 1.45. The van der Waals surface area contributed by atoms with Gasteiger partial charge in [0.25, 0.3) is 0 Å². The van der Waals surface area contributed by atoms with E-state index in [1.54, 1.807) is 0 Å². The molecule has 0 aromatic heterocycles. The van der Waals surface area contributed by atoms with Gasteiger partial charge in [0.2, 0.25) is 0 Å². The fourth-order valence-electron chi connectivity index (χ4n) is 0.460. The number of urea groups is 1. The summed E-state index contributed by atoms with van der Waals surface area (Å²) in [5, 5.41) is 2.51. The molecule has 2 amide bonds. The van der Waals surface area contributed by atoms with Gasteiger partial charge in [-0.05, 0) is 0 Å². The van der Waals surface area contributed by atoms with E-state index in [-0.39, 0.29) is 12.2 Å². The average Bonchev–Trinajstić information content (AvgIpc) is 2.14. The molecule has 0 bridgehead atoms. The standard InChI is InChI=1S/C3H6ClN3O/c4-1-2-5-3(8)7-6-2/h2,6H,1H2,(H2,5,7,8). The molecule has 4 nitrogen and oxygen atoms in total. The molecule has 46 valence electrons. The molecular weight excluding hydrogens is 130 g/mol. The maximum Gasteiger partial charge on any atom is 0.330 e. The van der Waals surface area contributed by atoms with Crippen LogP contribution in [-0.2, 0) is 0 Å². The number of hydrazine groups is 1. The number of hydrogen-bond donors (Lipinski definition) is 3. The number of amides is 2. The Balaban J connectivity index is 2.32. The topological polar surface area (TPSA) is 53.2 Å². The van der Waals surface area contributed by atoms with Crippen LogP contribution in [-0.4, -0.2) is 18.1 Å². The highest BCUT2D eigenvalue weighted by Crippen LogP contribution is 1.85. The Kier molecular flexibility index (Phi) is 1.55. The van der Waals surface area contributed by atoms with Gasteiger partial charge in [0.15, 0.2) is 0 Å². The summed E-state index contributed by atoms with van der Waals surface area (Å²) in [5.41, 5.74) is 4.95. The Morgan fingerprint density at radius 1 is 1.75 bits per heavy atom. The fraction of sp³-hybridized carbons (Fsp3) is 0.667. The molecule has 1 heterocycles. The van der Waals surface area contributed by atoms with Crippen molar-refractivity contribution in [2.75, 3.05) is 5.88 Å². The zero-order valence-electron chi connectivity index (χ0n) is 4.07. The lowest BCUT2D eigenvalue weighted by Gasteiger charge is -1.99. The van der Waals surface area contributed by atoms with Crippen molar-refractivity contribution >= 4 is 17.6 Å². The molecule has 0 aromatic carbocycles. The lowest BCUT2D eigenvalue weighted by molar-refractivity contribution is 0.247. The second-order valence-corrected chi connectivity index (χ2v) is 1.76. The minimum atomic E-state index is -0.226. The summed E-state index contributed by atoms with van der Waals surface area (Å²) in [7, 11) is 0. The van der Waals surface area contributed by atoms with E-state index in [2.05, 4.69) is 16.2 Å². The van der Waals surface area contributed by atoms with Gasteiger partial charge in [0.1, 0.15) is 6.17 Å². The number of halogens is 1. The first kappa shape index (κ1) is 5.65. The van der Waals surface area contributed by atoms with Crippen molar-refractivity contribution in [3.63, 3.8) is 0 Å². The van der Waals surface area contributed by atoms with Gasteiger partial charge in [-0.2, -0.15) is 0 Å². The van der Waals surface area contributed by atoms with Crippen LogP contribution in [0.25, 0.3) is 0 Å². The van der Waals surface area contributed by atoms with Crippen molar-refractivity contribution < 1.29 is 4.79 Å². The predicted molar refractivity (Wildman–Crippen MR) is 29.3 cm³/mol. The molecule has 8 heavy (non-hydrogen) atoms. The van der Waals surface area contributed by atoms with Gasteiger partial charge in [-0.1, -0.05) is 0 Å². The molecule has 0 radical (unpaired) electrons. The van der Waals surface area contributed by atoms with Gasteiger partial charge >= 0.3 is 6.03 Å². The van der Waals surface area contributed by atoms with Crippen LogP contribution in [0, 0.1) is 0 Å². The normalized spacial score (nSPS) is 27.1. The van der Waals surface area contributed by atoms with Crippen LogP contribution >= 0.6 is 11.6 Å². The summed E-state index contributed by atoms with van der Waals surface area (Å²) in [6.45, 7) is 0. The summed E-state index contributed by atoms with van der Waals surface area (Å²) in [4.78, 5) is 10.3. The van der Waals surface area contributed by atoms with Crippen molar-refractivity contribution in [2.45, 2.75) is 6.17 Å². The number of carbonyl (C=O) groups excluding carboxylic acids is 1. The van der Waals surface area contributed by atoms with Crippen LogP contribution in [0.2, 0.25) is 0 Å². The molecule has 5 heteroatoms. The number of alkyl halides is 1. The lowest BCUT2D eigenvalue weighted by Crippen LogP contribution is -2.34. The van der Waals surface area contributed by atoms with E-state index in [0.29, 0.717) is 5.88 Å². The first-order chi connectivity index (χ1) is 3.83. The van der Waals surface area contributed by atoms with Gasteiger partial charge in [0, 0.05) is 0 Å². The van der Waals surface area contributed by atoms with Crippen LogP contribution in [0.4, 0.5) is 4.79 Å². The smallest absolute Gasteiger partial charge is 0.319 e. The number of carbonyl (C=O) groups is 1. The zero-order chi connectivity index (χ0) is 5.98. The third-order valence-corrected chi connectivity index (χ3v) is 1.13. The molecule has 1 atom stereocenters. The van der Waals surface area contributed by atoms with Gasteiger partial charge < -0.3 is 5.32 Å². The molecule has 3 N–H and O–H groups in total. The molecule has 1 fully saturated rings. The van der Waals surface area contributed by atoms with E-state index in [9.17, 15) is 4.79 Å². The lowest BCUT2D eigenvalue weighted by atomic mass is 10.6. The number of nitrogens with one attached hydrogen (secondary N) is 3. The Hall–Kier alpha value is -0.480. The third-order valence-electron chi connectivity index (χ3n) is 0.820. The number of rotatable bonds is 1. The van der Waals surface area contributed by atoms with Gasteiger partial charge in [0.05, 0.1) is 5.88 Å². The maximum atomic E-state index is 10.3. The third kappa shape index (κ3) is 1.02. The Morgan fingerprint density at radius 2 is 2.50 bits per heavy atom. The van der Waals surface area contributed by atoms with Crippen molar-refractivity contribution in [3.8, 4) is 0 Å². The second kappa shape index (κ2) is 2.19. The first-order valence-corrected chi connectivity index (χ1v) is 2.74. The van der Waals surface area contributed by atoms with Crippen molar-refractivity contribution in [1.82, 2.24) is 16.2 Å². The van der Waals surface area contributed by atoms with Crippen LogP contribution in [0.15, 0.2) is 0 Å². The van der Waals surface area contributed by atoms with Crippen molar-refractivity contribution in [2.24, 2.45) is 0 Å². The van der Waals surface area contributed by atoms with Crippen LogP contribution < -0.4 is 16.2 Å². The molecule has 0 spiro atoms. The minimum absolute atomic E-state index is 0.121. The van der Waals surface area contributed by atoms with Gasteiger partial charge in [-0.3, -0.25) is 5.43 Å². The van der Waals surface area contributed by atoms with E-state index < -0.39 is 0 Å². The maximum absolute atomic E-state index is 10.3.